The first-order valence-electron chi connectivity index (χ1n) is 8.78. The summed E-state index contributed by atoms with van der Waals surface area (Å²) in [4.78, 5) is 16.7. The third-order valence-electron chi connectivity index (χ3n) is 4.27. The first-order valence-corrected chi connectivity index (χ1v) is 9.16. The number of nitrogens with zero attached hydrogens (tertiary/aromatic N) is 2. The van der Waals surface area contributed by atoms with Crippen LogP contribution in [0.5, 0.6) is 5.75 Å². The van der Waals surface area contributed by atoms with Crippen molar-refractivity contribution in [3.63, 3.8) is 0 Å². The number of anilines is 1. The normalized spacial score (nSPS) is 10.6. The Kier molecular flexibility index (Phi) is 5.27. The summed E-state index contributed by atoms with van der Waals surface area (Å²) < 4.78 is 10.5. The lowest BCUT2D eigenvalue weighted by atomic mass is 10.1. The molecule has 1 amide bonds. The van der Waals surface area contributed by atoms with Gasteiger partial charge in [0.25, 0.3) is 11.8 Å². The van der Waals surface area contributed by atoms with Crippen LogP contribution < -0.4 is 10.1 Å². The number of carbonyl (C=O) groups is 1. The van der Waals surface area contributed by atoms with Crippen LogP contribution in [0.4, 0.5) is 5.69 Å². The number of hydrogen-bond acceptors (Lipinski definition) is 5. The van der Waals surface area contributed by atoms with Crippen molar-refractivity contribution in [1.29, 1.82) is 0 Å². The Hall–Kier alpha value is -3.64. The molecule has 0 saturated heterocycles. The van der Waals surface area contributed by atoms with Crippen LogP contribution in [0.3, 0.4) is 0 Å². The first-order chi connectivity index (χ1) is 14.1. The van der Waals surface area contributed by atoms with Crippen molar-refractivity contribution in [3.05, 3.63) is 83.4 Å². The first kappa shape index (κ1) is 18.7. The predicted octanol–water partition coefficient (Wildman–Crippen LogP) is 5.32. The summed E-state index contributed by atoms with van der Waals surface area (Å²) in [6.45, 7) is 0. The number of amides is 1. The second-order valence-corrected chi connectivity index (χ2v) is 6.63. The summed E-state index contributed by atoms with van der Waals surface area (Å²) >= 11 is 5.85. The van der Waals surface area contributed by atoms with Gasteiger partial charge in [0.1, 0.15) is 5.75 Å². The number of halogens is 1. The largest absolute Gasteiger partial charge is 0.497 e. The number of benzene rings is 3. The van der Waals surface area contributed by atoms with E-state index in [1.165, 1.54) is 0 Å². The highest BCUT2D eigenvalue weighted by Crippen LogP contribution is 2.25. The molecule has 7 heteroatoms. The van der Waals surface area contributed by atoms with E-state index >= 15 is 0 Å². The van der Waals surface area contributed by atoms with E-state index < -0.39 is 0 Å². The maximum absolute atomic E-state index is 12.3. The molecular formula is C22H16ClN3O3. The summed E-state index contributed by atoms with van der Waals surface area (Å²) in [5.74, 6) is 1.43. The maximum Gasteiger partial charge on any atom is 0.258 e. The van der Waals surface area contributed by atoms with Crippen LogP contribution in [0.15, 0.2) is 77.3 Å². The summed E-state index contributed by atoms with van der Waals surface area (Å²) in [7, 11) is 1.61. The number of hydrogen-bond donors (Lipinski definition) is 1. The minimum Gasteiger partial charge on any atom is -0.497 e. The zero-order chi connectivity index (χ0) is 20.2. The van der Waals surface area contributed by atoms with Crippen LogP contribution in [0.2, 0.25) is 5.02 Å². The van der Waals surface area contributed by atoms with E-state index in [-0.39, 0.29) is 5.91 Å². The van der Waals surface area contributed by atoms with E-state index in [1.807, 2.05) is 36.4 Å². The van der Waals surface area contributed by atoms with E-state index in [1.54, 1.807) is 43.5 Å². The highest BCUT2D eigenvalue weighted by molar-refractivity contribution is 6.30. The van der Waals surface area contributed by atoms with Crippen molar-refractivity contribution >= 4 is 23.2 Å². The van der Waals surface area contributed by atoms with Crippen molar-refractivity contribution in [2.75, 3.05) is 12.4 Å². The van der Waals surface area contributed by atoms with Gasteiger partial charge >= 0.3 is 0 Å². The maximum atomic E-state index is 12.3. The van der Waals surface area contributed by atoms with Crippen molar-refractivity contribution in [3.8, 4) is 28.6 Å². The second-order valence-electron chi connectivity index (χ2n) is 6.19. The molecule has 0 aliphatic heterocycles. The van der Waals surface area contributed by atoms with Crippen molar-refractivity contribution in [2.24, 2.45) is 0 Å². The average molecular weight is 406 g/mol. The fourth-order valence-electron chi connectivity index (χ4n) is 2.70. The number of nitrogens with one attached hydrogen (secondary N) is 1. The van der Waals surface area contributed by atoms with Gasteiger partial charge < -0.3 is 14.6 Å². The fraction of sp³-hybridized carbons (Fsp3) is 0.0455. The smallest absolute Gasteiger partial charge is 0.258 e. The second kappa shape index (κ2) is 8.16. The molecule has 0 bridgehead atoms. The zero-order valence-electron chi connectivity index (χ0n) is 15.4. The zero-order valence-corrected chi connectivity index (χ0v) is 16.2. The topological polar surface area (TPSA) is 77.3 Å². The molecule has 29 heavy (non-hydrogen) atoms. The van der Waals surface area contributed by atoms with E-state index in [4.69, 9.17) is 20.9 Å². The van der Waals surface area contributed by atoms with E-state index in [0.29, 0.717) is 28.0 Å². The number of methoxy groups -OCH3 is 1. The Morgan fingerprint density at radius 1 is 0.931 bits per heavy atom. The van der Waals surface area contributed by atoms with E-state index in [9.17, 15) is 4.79 Å². The number of ether oxygens (including phenoxy) is 1. The molecule has 1 heterocycles. The Morgan fingerprint density at radius 3 is 2.24 bits per heavy atom. The summed E-state index contributed by atoms with van der Waals surface area (Å²) in [6, 6.07) is 21.3. The number of rotatable bonds is 5. The van der Waals surface area contributed by atoms with Crippen LogP contribution in [-0.2, 0) is 0 Å². The Labute approximate surface area is 172 Å². The molecule has 0 saturated carbocycles. The number of carbonyl (C=O) groups excluding carboxylic acids is 1. The summed E-state index contributed by atoms with van der Waals surface area (Å²) in [5.41, 5.74) is 2.76. The van der Waals surface area contributed by atoms with Gasteiger partial charge in [-0.05, 0) is 72.8 Å². The average Bonchev–Trinajstić information content (AvgIpc) is 3.25. The van der Waals surface area contributed by atoms with Crippen LogP contribution in [0.25, 0.3) is 22.8 Å². The number of aromatic nitrogens is 2. The van der Waals surface area contributed by atoms with E-state index in [0.717, 1.165) is 16.9 Å². The lowest BCUT2D eigenvalue weighted by Crippen LogP contribution is -2.11. The predicted molar refractivity (Wildman–Crippen MR) is 111 cm³/mol. The monoisotopic (exact) mass is 405 g/mol. The molecule has 0 aliphatic carbocycles. The molecule has 0 unspecified atom stereocenters. The van der Waals surface area contributed by atoms with Gasteiger partial charge in [-0.1, -0.05) is 16.8 Å². The third kappa shape index (κ3) is 4.28. The van der Waals surface area contributed by atoms with Crippen molar-refractivity contribution in [1.82, 2.24) is 10.1 Å². The van der Waals surface area contributed by atoms with Crippen LogP contribution in [0.1, 0.15) is 10.4 Å². The molecule has 3 aromatic carbocycles. The Bertz CT molecular complexity index is 1120. The Morgan fingerprint density at radius 2 is 1.59 bits per heavy atom. The van der Waals surface area contributed by atoms with E-state index in [2.05, 4.69) is 15.5 Å². The molecule has 4 aromatic rings. The molecule has 0 spiro atoms. The van der Waals surface area contributed by atoms with Gasteiger partial charge in [0, 0.05) is 27.4 Å². The molecule has 1 aromatic heterocycles. The van der Waals surface area contributed by atoms with Gasteiger partial charge in [-0.15, -0.1) is 0 Å². The molecular weight excluding hydrogens is 390 g/mol. The van der Waals surface area contributed by atoms with Gasteiger partial charge in [0.2, 0.25) is 5.82 Å². The standard InChI is InChI=1S/C22H16ClN3O3/c1-28-19-12-6-14(7-13-19)20-25-22(29-26-20)16-4-10-18(11-5-16)24-21(27)15-2-8-17(23)9-3-15/h2-13H,1H3,(H,24,27). The highest BCUT2D eigenvalue weighted by atomic mass is 35.5. The minimum absolute atomic E-state index is 0.214. The molecule has 4 rings (SSSR count). The lowest BCUT2D eigenvalue weighted by molar-refractivity contribution is 0.102. The molecule has 0 fully saturated rings. The van der Waals surface area contributed by atoms with Crippen LogP contribution in [-0.4, -0.2) is 23.2 Å². The highest BCUT2D eigenvalue weighted by Gasteiger charge is 2.11. The van der Waals surface area contributed by atoms with Gasteiger partial charge in [0.05, 0.1) is 7.11 Å². The quantitative estimate of drug-likeness (QED) is 0.486. The van der Waals surface area contributed by atoms with Crippen LogP contribution in [0, 0.1) is 0 Å². The molecule has 144 valence electrons. The van der Waals surface area contributed by atoms with Gasteiger partial charge in [-0.25, -0.2) is 0 Å². The SMILES string of the molecule is COc1ccc(-c2noc(-c3ccc(NC(=O)c4ccc(Cl)cc4)cc3)n2)cc1. The van der Waals surface area contributed by atoms with Crippen molar-refractivity contribution < 1.29 is 14.1 Å². The summed E-state index contributed by atoms with van der Waals surface area (Å²) in [6.07, 6.45) is 0. The summed E-state index contributed by atoms with van der Waals surface area (Å²) in [5, 5.41) is 7.45. The molecule has 6 nitrogen and oxygen atoms in total. The van der Waals surface area contributed by atoms with Crippen LogP contribution >= 0.6 is 11.6 Å². The molecule has 0 aliphatic rings. The van der Waals surface area contributed by atoms with Crippen molar-refractivity contribution in [2.45, 2.75) is 0 Å². The van der Waals surface area contributed by atoms with Gasteiger partial charge in [-0.2, -0.15) is 4.98 Å². The lowest BCUT2D eigenvalue weighted by Gasteiger charge is -2.05. The molecule has 1 N–H and O–H groups in total. The molecule has 0 atom stereocenters. The Balaban J connectivity index is 1.47. The third-order valence-corrected chi connectivity index (χ3v) is 4.52. The molecule has 0 radical (unpaired) electrons. The van der Waals surface area contributed by atoms with Gasteiger partial charge in [-0.3, -0.25) is 4.79 Å². The fourth-order valence-corrected chi connectivity index (χ4v) is 2.82. The van der Waals surface area contributed by atoms with Gasteiger partial charge in [0.15, 0.2) is 0 Å². The minimum atomic E-state index is -0.214.